The highest BCUT2D eigenvalue weighted by atomic mass is 32.1. The molecule has 1 aliphatic heterocycles. The van der Waals surface area contributed by atoms with Crippen LogP contribution in [0.2, 0.25) is 0 Å². The van der Waals surface area contributed by atoms with Gasteiger partial charge in [-0.15, -0.1) is 0 Å². The Morgan fingerprint density at radius 2 is 2.43 bits per heavy atom. The Kier molecular flexibility index (Phi) is 2.36. The van der Waals surface area contributed by atoms with Gasteiger partial charge in [0.2, 0.25) is 0 Å². The number of aromatic nitrogens is 1. The van der Waals surface area contributed by atoms with Gasteiger partial charge in [-0.2, -0.15) is 4.37 Å². The Labute approximate surface area is 87.8 Å². The minimum atomic E-state index is -0.0724. The summed E-state index contributed by atoms with van der Waals surface area (Å²) in [5.74, 6) is 0.606. The van der Waals surface area contributed by atoms with Gasteiger partial charge in [-0.25, -0.2) is 0 Å². The third kappa shape index (κ3) is 1.99. The second-order valence-corrected chi connectivity index (χ2v) is 4.90. The van der Waals surface area contributed by atoms with E-state index in [9.17, 15) is 0 Å². The topological polar surface area (TPSA) is 51.4 Å². The molecule has 1 saturated heterocycles. The second-order valence-electron chi connectivity index (χ2n) is 4.12. The van der Waals surface area contributed by atoms with Crippen molar-refractivity contribution >= 4 is 22.4 Å². The fourth-order valence-corrected chi connectivity index (χ4v) is 2.33. The van der Waals surface area contributed by atoms with Gasteiger partial charge in [0.05, 0.1) is 12.2 Å². The molecule has 0 unspecified atom stereocenters. The maximum absolute atomic E-state index is 5.64. The molecular formula is C9H15N3OS. The summed E-state index contributed by atoms with van der Waals surface area (Å²) in [4.78, 5) is 2.28. The van der Waals surface area contributed by atoms with E-state index in [0.717, 1.165) is 24.7 Å². The molecule has 1 aromatic heterocycles. The number of rotatable bonds is 1. The summed E-state index contributed by atoms with van der Waals surface area (Å²) in [6.07, 6.45) is 0. The molecule has 0 bridgehead atoms. The van der Waals surface area contributed by atoms with E-state index in [1.165, 1.54) is 11.5 Å². The number of nitrogens with two attached hydrogens (primary N) is 1. The maximum Gasteiger partial charge on any atom is 0.139 e. The predicted octanol–water partition coefficient (Wildman–Crippen LogP) is 1.34. The highest BCUT2D eigenvalue weighted by Gasteiger charge is 2.28. The summed E-state index contributed by atoms with van der Waals surface area (Å²) in [5, 5.41) is 1.14. The first-order valence-corrected chi connectivity index (χ1v) is 5.45. The van der Waals surface area contributed by atoms with Crippen LogP contribution in [-0.4, -0.2) is 29.7 Å². The zero-order valence-corrected chi connectivity index (χ0v) is 9.30. The summed E-state index contributed by atoms with van der Waals surface area (Å²) in [6, 6.07) is 1.92. The van der Waals surface area contributed by atoms with Crippen molar-refractivity contribution < 1.29 is 4.74 Å². The molecule has 1 aromatic rings. The number of nitrogen functional groups attached to an aromatic ring is 1. The summed E-state index contributed by atoms with van der Waals surface area (Å²) in [5.41, 5.74) is 5.52. The normalized spacial score (nSPS) is 21.1. The summed E-state index contributed by atoms with van der Waals surface area (Å²) >= 11 is 1.45. The first kappa shape index (κ1) is 9.73. The maximum atomic E-state index is 5.64. The Bertz CT molecular complexity index is 324. The largest absolute Gasteiger partial charge is 0.383 e. The number of nitrogens with zero attached hydrogens (tertiary/aromatic N) is 2. The average molecular weight is 213 g/mol. The highest BCUT2D eigenvalue weighted by molar-refractivity contribution is 7.10. The molecule has 1 aliphatic rings. The summed E-state index contributed by atoms with van der Waals surface area (Å²) in [6.45, 7) is 6.79. The van der Waals surface area contributed by atoms with Gasteiger partial charge in [-0.1, -0.05) is 0 Å². The van der Waals surface area contributed by atoms with Gasteiger partial charge in [0.1, 0.15) is 10.8 Å². The number of ether oxygens (including phenoxy) is 1. The van der Waals surface area contributed by atoms with Crippen molar-refractivity contribution in [1.29, 1.82) is 0 Å². The third-order valence-corrected chi connectivity index (χ3v) is 3.12. The molecule has 14 heavy (non-hydrogen) atoms. The molecule has 0 aromatic carbocycles. The van der Waals surface area contributed by atoms with Crippen molar-refractivity contribution in [3.8, 4) is 0 Å². The van der Waals surface area contributed by atoms with Crippen molar-refractivity contribution in [3.63, 3.8) is 0 Å². The van der Waals surface area contributed by atoms with E-state index < -0.39 is 0 Å². The van der Waals surface area contributed by atoms with Crippen LogP contribution in [0.25, 0.3) is 0 Å². The van der Waals surface area contributed by atoms with Gasteiger partial charge in [0.25, 0.3) is 0 Å². The fourth-order valence-electron chi connectivity index (χ4n) is 1.63. The van der Waals surface area contributed by atoms with Crippen molar-refractivity contribution in [1.82, 2.24) is 4.37 Å². The van der Waals surface area contributed by atoms with Crippen molar-refractivity contribution in [2.45, 2.75) is 19.4 Å². The molecular weight excluding hydrogens is 198 g/mol. The average Bonchev–Trinajstić information content (AvgIpc) is 2.50. The molecule has 2 N–H and O–H groups in total. The van der Waals surface area contributed by atoms with E-state index in [1.54, 1.807) is 0 Å². The molecule has 0 saturated carbocycles. The van der Waals surface area contributed by atoms with Crippen LogP contribution in [0.3, 0.4) is 0 Å². The van der Waals surface area contributed by atoms with E-state index in [2.05, 4.69) is 23.1 Å². The zero-order valence-electron chi connectivity index (χ0n) is 8.49. The van der Waals surface area contributed by atoms with Gasteiger partial charge in [0, 0.05) is 19.2 Å². The second kappa shape index (κ2) is 3.40. The summed E-state index contributed by atoms with van der Waals surface area (Å²) in [7, 11) is 0. The molecule has 2 rings (SSSR count). The Morgan fingerprint density at radius 1 is 1.64 bits per heavy atom. The smallest absolute Gasteiger partial charge is 0.139 e. The monoisotopic (exact) mass is 213 g/mol. The van der Waals surface area contributed by atoms with Gasteiger partial charge < -0.3 is 15.4 Å². The third-order valence-electron chi connectivity index (χ3n) is 2.25. The van der Waals surface area contributed by atoms with E-state index in [-0.39, 0.29) is 5.60 Å². The van der Waals surface area contributed by atoms with Crippen LogP contribution in [0.4, 0.5) is 10.8 Å². The van der Waals surface area contributed by atoms with E-state index in [1.807, 2.05) is 6.07 Å². The number of hydrogen-bond donors (Lipinski definition) is 1. The summed E-state index contributed by atoms with van der Waals surface area (Å²) < 4.78 is 9.71. The van der Waals surface area contributed by atoms with Crippen LogP contribution in [0.15, 0.2) is 6.07 Å². The molecule has 0 aliphatic carbocycles. The molecule has 5 heteroatoms. The Balaban J connectivity index is 2.12. The lowest BCUT2D eigenvalue weighted by Crippen LogP contribution is -2.48. The van der Waals surface area contributed by atoms with Gasteiger partial charge >= 0.3 is 0 Å². The SMILES string of the molecule is CC1(C)CN(c2cc(N)ns2)CCO1. The van der Waals surface area contributed by atoms with Crippen molar-refractivity contribution in [2.24, 2.45) is 0 Å². The number of anilines is 2. The lowest BCUT2D eigenvalue weighted by molar-refractivity contribution is -0.0274. The van der Waals surface area contributed by atoms with Gasteiger partial charge in [0.15, 0.2) is 0 Å². The first-order valence-electron chi connectivity index (χ1n) is 4.68. The first-order chi connectivity index (χ1) is 6.57. The number of morpholine rings is 1. The number of hydrogen-bond acceptors (Lipinski definition) is 5. The predicted molar refractivity (Wildman–Crippen MR) is 58.8 cm³/mol. The van der Waals surface area contributed by atoms with Crippen molar-refractivity contribution in [3.05, 3.63) is 6.07 Å². The molecule has 0 atom stereocenters. The molecule has 0 amide bonds. The Hall–Kier alpha value is -0.810. The minimum Gasteiger partial charge on any atom is -0.383 e. The quantitative estimate of drug-likeness (QED) is 0.765. The van der Waals surface area contributed by atoms with Crippen LogP contribution < -0.4 is 10.6 Å². The molecule has 1 fully saturated rings. The molecule has 2 heterocycles. The fraction of sp³-hybridized carbons (Fsp3) is 0.667. The molecule has 0 spiro atoms. The van der Waals surface area contributed by atoms with Crippen LogP contribution in [0.5, 0.6) is 0 Å². The van der Waals surface area contributed by atoms with Crippen LogP contribution in [0.1, 0.15) is 13.8 Å². The van der Waals surface area contributed by atoms with E-state index in [4.69, 9.17) is 10.5 Å². The van der Waals surface area contributed by atoms with Crippen LogP contribution in [0, 0.1) is 0 Å². The minimum absolute atomic E-state index is 0.0724. The van der Waals surface area contributed by atoms with Crippen LogP contribution in [-0.2, 0) is 4.74 Å². The van der Waals surface area contributed by atoms with E-state index >= 15 is 0 Å². The van der Waals surface area contributed by atoms with Crippen molar-refractivity contribution in [2.75, 3.05) is 30.3 Å². The van der Waals surface area contributed by atoms with Gasteiger partial charge in [-0.05, 0) is 25.4 Å². The van der Waals surface area contributed by atoms with Gasteiger partial charge in [-0.3, -0.25) is 0 Å². The molecule has 78 valence electrons. The Morgan fingerprint density at radius 3 is 3.00 bits per heavy atom. The molecule has 4 nitrogen and oxygen atoms in total. The van der Waals surface area contributed by atoms with Crippen LogP contribution >= 0.6 is 11.5 Å². The zero-order chi connectivity index (χ0) is 10.2. The standard InChI is InChI=1S/C9H15N3OS/c1-9(2)6-12(3-4-13-9)8-5-7(10)11-14-8/h5H,3-4,6H2,1-2H3,(H2,10,11). The highest BCUT2D eigenvalue weighted by Crippen LogP contribution is 2.27. The lowest BCUT2D eigenvalue weighted by Gasteiger charge is -2.38. The molecule has 0 radical (unpaired) electrons. The van der Waals surface area contributed by atoms with E-state index in [0.29, 0.717) is 5.82 Å². The lowest BCUT2D eigenvalue weighted by atomic mass is 10.1.